The van der Waals surface area contributed by atoms with Crippen LogP contribution < -0.4 is 14.8 Å². The Labute approximate surface area is 212 Å². The zero-order chi connectivity index (χ0) is 24.8. The van der Waals surface area contributed by atoms with Crippen LogP contribution in [0.25, 0.3) is 10.2 Å². The summed E-state index contributed by atoms with van der Waals surface area (Å²) in [7, 11) is 0. The summed E-state index contributed by atoms with van der Waals surface area (Å²) in [5.74, 6) is 0.107. The quantitative estimate of drug-likeness (QED) is 0.254. The van der Waals surface area contributed by atoms with Gasteiger partial charge in [-0.25, -0.2) is 4.39 Å². The number of hydrogen-bond donors (Lipinski definition) is 1. The number of halogens is 2. The lowest BCUT2D eigenvalue weighted by Crippen LogP contribution is -2.21. The lowest BCUT2D eigenvalue weighted by atomic mass is 10.2. The second-order valence-corrected chi connectivity index (χ2v) is 9.31. The molecule has 182 valence electrons. The van der Waals surface area contributed by atoms with Gasteiger partial charge in [0, 0.05) is 40.5 Å². The number of benzene rings is 2. The summed E-state index contributed by atoms with van der Waals surface area (Å²) in [6, 6.07) is 14.7. The van der Waals surface area contributed by atoms with Gasteiger partial charge in [-0.3, -0.25) is 14.7 Å². The van der Waals surface area contributed by atoms with Crippen LogP contribution in [-0.4, -0.2) is 35.5 Å². The Morgan fingerprint density at radius 1 is 1.09 bits per heavy atom. The molecule has 1 amide bonds. The first-order valence-corrected chi connectivity index (χ1v) is 12.4. The summed E-state index contributed by atoms with van der Waals surface area (Å²) in [4.78, 5) is 20.1. The first-order chi connectivity index (χ1) is 16.9. The summed E-state index contributed by atoms with van der Waals surface area (Å²) in [6.07, 6.45) is 1.65. The second kappa shape index (κ2) is 11.5. The van der Waals surface area contributed by atoms with Crippen LogP contribution in [0.1, 0.15) is 18.7 Å². The van der Waals surface area contributed by atoms with E-state index < -0.39 is 11.7 Å². The van der Waals surface area contributed by atoms with E-state index in [-0.39, 0.29) is 12.4 Å². The molecule has 0 aliphatic heterocycles. The van der Waals surface area contributed by atoms with Gasteiger partial charge >= 0.3 is 0 Å². The molecule has 2 aromatic carbocycles. The minimum atomic E-state index is -0.591. The molecule has 0 bridgehead atoms. The Hall–Kier alpha value is -3.20. The fourth-order valence-electron chi connectivity index (χ4n) is 3.45. The van der Waals surface area contributed by atoms with Crippen molar-refractivity contribution in [3.8, 4) is 17.2 Å². The van der Waals surface area contributed by atoms with E-state index in [1.807, 2.05) is 6.07 Å². The monoisotopic (exact) mass is 513 g/mol. The molecular formula is C26H25ClFN3O3S. The number of ether oxygens (including phenoxy) is 2. The summed E-state index contributed by atoms with van der Waals surface area (Å²) < 4.78 is 27.0. The highest BCUT2D eigenvalue weighted by molar-refractivity contribution is 7.19. The molecule has 0 aliphatic carbocycles. The predicted molar refractivity (Wildman–Crippen MR) is 138 cm³/mol. The van der Waals surface area contributed by atoms with Crippen molar-refractivity contribution in [1.29, 1.82) is 0 Å². The maximum absolute atomic E-state index is 14.8. The van der Waals surface area contributed by atoms with Crippen LogP contribution in [0.15, 0.2) is 60.8 Å². The van der Waals surface area contributed by atoms with Crippen LogP contribution in [0.3, 0.4) is 0 Å². The average Bonchev–Trinajstić information content (AvgIpc) is 3.27. The Morgan fingerprint density at radius 3 is 2.57 bits per heavy atom. The SMILES string of the molecule is CCN(CC)Cc1cc2nccc(Oc3ccc(NC(=O)COc4ccc(Cl)cc4)cc3F)c2s1. The van der Waals surface area contributed by atoms with Crippen molar-refractivity contribution < 1.29 is 18.7 Å². The zero-order valence-corrected chi connectivity index (χ0v) is 21.0. The Balaban J connectivity index is 1.41. The molecule has 0 radical (unpaired) electrons. The van der Waals surface area contributed by atoms with Crippen LogP contribution in [0, 0.1) is 5.82 Å². The number of nitrogens with zero attached hydrogens (tertiary/aromatic N) is 2. The molecule has 0 unspecified atom stereocenters. The van der Waals surface area contributed by atoms with Gasteiger partial charge in [-0.15, -0.1) is 11.3 Å². The molecule has 0 atom stereocenters. The van der Waals surface area contributed by atoms with E-state index >= 15 is 0 Å². The van der Waals surface area contributed by atoms with E-state index in [9.17, 15) is 9.18 Å². The number of fused-ring (bicyclic) bond motifs is 1. The molecule has 2 aromatic heterocycles. The van der Waals surface area contributed by atoms with Gasteiger partial charge in [-0.05, 0) is 55.6 Å². The number of aromatic nitrogens is 1. The number of thiophene rings is 1. The van der Waals surface area contributed by atoms with Crippen molar-refractivity contribution in [2.24, 2.45) is 0 Å². The molecule has 0 aliphatic rings. The van der Waals surface area contributed by atoms with Gasteiger partial charge < -0.3 is 14.8 Å². The smallest absolute Gasteiger partial charge is 0.262 e. The molecule has 4 aromatic rings. The van der Waals surface area contributed by atoms with Crippen molar-refractivity contribution in [2.75, 3.05) is 25.0 Å². The van der Waals surface area contributed by atoms with Crippen molar-refractivity contribution in [3.05, 3.63) is 76.5 Å². The summed E-state index contributed by atoms with van der Waals surface area (Å²) in [6.45, 7) is 6.80. The summed E-state index contributed by atoms with van der Waals surface area (Å²) in [5, 5.41) is 3.19. The van der Waals surface area contributed by atoms with Crippen molar-refractivity contribution in [1.82, 2.24) is 9.88 Å². The highest BCUT2D eigenvalue weighted by Gasteiger charge is 2.14. The second-order valence-electron chi connectivity index (χ2n) is 7.74. The largest absolute Gasteiger partial charge is 0.484 e. The molecular weight excluding hydrogens is 489 g/mol. The molecule has 35 heavy (non-hydrogen) atoms. The van der Waals surface area contributed by atoms with E-state index in [0.717, 1.165) is 29.9 Å². The fraction of sp³-hybridized carbons (Fsp3) is 0.231. The van der Waals surface area contributed by atoms with Crippen LogP contribution in [-0.2, 0) is 11.3 Å². The molecule has 0 saturated carbocycles. The van der Waals surface area contributed by atoms with Crippen LogP contribution >= 0.6 is 22.9 Å². The third-order valence-electron chi connectivity index (χ3n) is 5.32. The Morgan fingerprint density at radius 2 is 1.86 bits per heavy atom. The molecule has 0 spiro atoms. The van der Waals surface area contributed by atoms with Gasteiger partial charge in [0.05, 0.1) is 10.2 Å². The summed E-state index contributed by atoms with van der Waals surface area (Å²) >= 11 is 7.43. The molecule has 6 nitrogen and oxygen atoms in total. The average molecular weight is 514 g/mol. The number of carbonyl (C=O) groups is 1. The zero-order valence-electron chi connectivity index (χ0n) is 19.4. The number of nitrogens with one attached hydrogen (secondary N) is 1. The minimum absolute atomic E-state index is 0.0617. The van der Waals surface area contributed by atoms with Crippen LogP contribution in [0.2, 0.25) is 5.02 Å². The maximum Gasteiger partial charge on any atom is 0.262 e. The molecule has 9 heteroatoms. The van der Waals surface area contributed by atoms with Crippen molar-refractivity contribution in [2.45, 2.75) is 20.4 Å². The Kier molecular flexibility index (Phi) is 8.17. The third-order valence-corrected chi connectivity index (χ3v) is 6.70. The van der Waals surface area contributed by atoms with E-state index in [1.165, 1.54) is 17.0 Å². The van der Waals surface area contributed by atoms with Gasteiger partial charge in [-0.1, -0.05) is 25.4 Å². The molecule has 4 rings (SSSR count). The standard InChI is InChI=1S/C26H25ClFN3O3S/c1-3-31(4-2)15-20-14-22-26(35-20)24(11-12-29-22)34-23-10-7-18(13-21(23)28)30-25(32)16-33-19-8-5-17(27)6-9-19/h5-14H,3-4,15-16H2,1-2H3,(H,30,32). The third kappa shape index (κ3) is 6.48. The number of anilines is 1. The number of pyridine rings is 1. The van der Waals surface area contributed by atoms with Crippen molar-refractivity contribution >= 4 is 44.7 Å². The highest BCUT2D eigenvalue weighted by atomic mass is 35.5. The van der Waals surface area contributed by atoms with Crippen LogP contribution in [0.5, 0.6) is 17.2 Å². The lowest BCUT2D eigenvalue weighted by molar-refractivity contribution is -0.118. The van der Waals surface area contributed by atoms with Gasteiger partial charge in [0.1, 0.15) is 11.5 Å². The predicted octanol–water partition coefficient (Wildman–Crippen LogP) is 6.74. The number of rotatable bonds is 10. The molecule has 0 saturated heterocycles. The normalized spacial score (nSPS) is 11.1. The Bertz CT molecular complexity index is 1310. The van der Waals surface area contributed by atoms with E-state index in [0.29, 0.717) is 22.2 Å². The first-order valence-electron chi connectivity index (χ1n) is 11.2. The van der Waals surface area contributed by atoms with Gasteiger partial charge in [0.25, 0.3) is 5.91 Å². The molecule has 0 fully saturated rings. The van der Waals surface area contributed by atoms with Gasteiger partial charge in [0.2, 0.25) is 0 Å². The summed E-state index contributed by atoms with van der Waals surface area (Å²) in [5.41, 5.74) is 1.12. The maximum atomic E-state index is 14.8. The highest BCUT2D eigenvalue weighted by Crippen LogP contribution is 2.36. The number of hydrogen-bond acceptors (Lipinski definition) is 6. The molecule has 1 N–H and O–H groups in total. The van der Waals surface area contributed by atoms with Crippen LogP contribution in [0.4, 0.5) is 10.1 Å². The van der Waals surface area contributed by atoms with Gasteiger partial charge in [0.15, 0.2) is 18.2 Å². The van der Waals surface area contributed by atoms with E-state index in [2.05, 4.69) is 29.0 Å². The minimum Gasteiger partial charge on any atom is -0.484 e. The topological polar surface area (TPSA) is 63.7 Å². The number of amides is 1. The lowest BCUT2D eigenvalue weighted by Gasteiger charge is -2.16. The molecule has 2 heterocycles. The number of carbonyl (C=O) groups excluding carboxylic acids is 1. The first kappa shape index (κ1) is 24.9. The van der Waals surface area contributed by atoms with Gasteiger partial charge in [-0.2, -0.15) is 0 Å². The van der Waals surface area contributed by atoms with E-state index in [4.69, 9.17) is 21.1 Å². The van der Waals surface area contributed by atoms with E-state index in [1.54, 1.807) is 53.9 Å². The fourth-order valence-corrected chi connectivity index (χ4v) is 4.68. The van der Waals surface area contributed by atoms with Crippen molar-refractivity contribution in [3.63, 3.8) is 0 Å².